The van der Waals surface area contributed by atoms with E-state index in [0.717, 1.165) is 11.5 Å². The molecule has 0 unspecified atom stereocenters. The van der Waals surface area contributed by atoms with Crippen LogP contribution in [0.2, 0.25) is 0 Å². The molecule has 3 saturated heterocycles. The molecule has 0 spiro atoms. The van der Waals surface area contributed by atoms with Crippen molar-refractivity contribution in [2.75, 3.05) is 13.1 Å². The Labute approximate surface area is 138 Å². The van der Waals surface area contributed by atoms with Gasteiger partial charge in [-0.3, -0.25) is 4.90 Å². The van der Waals surface area contributed by atoms with E-state index < -0.39 is 0 Å². The van der Waals surface area contributed by atoms with E-state index in [4.69, 9.17) is 0 Å². The summed E-state index contributed by atoms with van der Waals surface area (Å²) in [5.74, 6) is 2.56. The molecule has 2 bridgehead atoms. The Bertz CT molecular complexity index is 679. The van der Waals surface area contributed by atoms with Gasteiger partial charge in [-0.15, -0.1) is 0 Å². The van der Waals surface area contributed by atoms with E-state index in [2.05, 4.69) is 47.9 Å². The number of benzene rings is 2. The minimum Gasteiger partial charge on any atom is -0.508 e. The van der Waals surface area contributed by atoms with Crippen LogP contribution in [0.15, 0.2) is 48.5 Å². The predicted octanol–water partition coefficient (Wildman–Crippen LogP) is 4.37. The van der Waals surface area contributed by atoms with Crippen molar-refractivity contribution in [3.63, 3.8) is 0 Å². The number of piperidine rings is 3. The van der Waals surface area contributed by atoms with Gasteiger partial charge in [0, 0.05) is 12.5 Å². The van der Waals surface area contributed by atoms with E-state index in [-0.39, 0.29) is 0 Å². The molecule has 23 heavy (non-hydrogen) atoms. The Hall–Kier alpha value is -2.06. The summed E-state index contributed by atoms with van der Waals surface area (Å²) >= 11 is 0. The fourth-order valence-corrected chi connectivity index (χ4v) is 3.52. The van der Waals surface area contributed by atoms with Crippen LogP contribution in [0.3, 0.4) is 0 Å². The summed E-state index contributed by atoms with van der Waals surface area (Å²) in [6, 6.07) is 16.1. The Morgan fingerprint density at radius 2 is 1.39 bits per heavy atom. The molecule has 0 atom stereocenters. The van der Waals surface area contributed by atoms with Gasteiger partial charge in [0.15, 0.2) is 0 Å². The second kappa shape index (κ2) is 6.21. The number of aromatic hydroxyl groups is 1. The summed E-state index contributed by atoms with van der Waals surface area (Å²) < 4.78 is 0. The summed E-state index contributed by atoms with van der Waals surface area (Å²) in [7, 11) is 0. The molecule has 2 aromatic rings. The number of hydrogen-bond acceptors (Lipinski definition) is 2. The molecular formula is C21H21NO. The van der Waals surface area contributed by atoms with Crippen LogP contribution >= 0.6 is 0 Å². The van der Waals surface area contributed by atoms with Crippen LogP contribution in [-0.4, -0.2) is 23.1 Å². The Balaban J connectivity index is 1.46. The van der Waals surface area contributed by atoms with Crippen molar-refractivity contribution < 1.29 is 5.11 Å². The molecule has 116 valence electrons. The van der Waals surface area contributed by atoms with Gasteiger partial charge in [0.1, 0.15) is 5.75 Å². The van der Waals surface area contributed by atoms with Gasteiger partial charge in [-0.25, -0.2) is 0 Å². The van der Waals surface area contributed by atoms with Crippen molar-refractivity contribution in [3.05, 3.63) is 77.7 Å². The number of nitrogens with zero attached hydrogens (tertiary/aromatic N) is 1. The molecule has 3 aliphatic rings. The van der Waals surface area contributed by atoms with Gasteiger partial charge in [-0.05, 0) is 60.7 Å². The molecule has 2 aromatic carbocycles. The monoisotopic (exact) mass is 303 g/mol. The normalized spacial score (nSPS) is 24.3. The molecule has 0 amide bonds. The highest BCUT2D eigenvalue weighted by atomic mass is 16.3. The van der Waals surface area contributed by atoms with Gasteiger partial charge in [0.25, 0.3) is 0 Å². The van der Waals surface area contributed by atoms with E-state index in [9.17, 15) is 5.11 Å². The second-order valence-corrected chi connectivity index (χ2v) is 6.44. The molecule has 2 radical (unpaired) electrons. The highest BCUT2D eigenvalue weighted by molar-refractivity contribution is 5.70. The highest BCUT2D eigenvalue weighted by Gasteiger charge is 2.35. The van der Waals surface area contributed by atoms with Gasteiger partial charge < -0.3 is 5.11 Å². The first-order valence-electron chi connectivity index (χ1n) is 8.31. The Morgan fingerprint density at radius 1 is 0.826 bits per heavy atom. The molecule has 3 fully saturated rings. The zero-order valence-electron chi connectivity index (χ0n) is 13.2. The number of fused-ring (bicyclic) bond motifs is 3. The van der Waals surface area contributed by atoms with E-state index in [1.165, 1.54) is 43.0 Å². The molecule has 3 heterocycles. The Morgan fingerprint density at radius 3 is 1.91 bits per heavy atom. The summed E-state index contributed by atoms with van der Waals surface area (Å²) in [5.41, 5.74) is 3.65. The lowest BCUT2D eigenvalue weighted by Gasteiger charge is -2.44. The first kappa shape index (κ1) is 14.5. The zero-order valence-corrected chi connectivity index (χ0v) is 13.2. The van der Waals surface area contributed by atoms with E-state index >= 15 is 0 Å². The number of rotatable bonds is 3. The topological polar surface area (TPSA) is 23.5 Å². The third-order valence-electron chi connectivity index (χ3n) is 4.90. The second-order valence-electron chi connectivity index (χ2n) is 6.44. The molecule has 2 heteroatoms. The highest BCUT2D eigenvalue weighted by Crippen LogP contribution is 2.40. The van der Waals surface area contributed by atoms with Gasteiger partial charge in [-0.2, -0.15) is 0 Å². The van der Waals surface area contributed by atoms with Crippen LogP contribution in [0.4, 0.5) is 0 Å². The largest absolute Gasteiger partial charge is 0.508 e. The minimum atomic E-state index is 0.303. The van der Waals surface area contributed by atoms with Crippen LogP contribution in [0.25, 0.3) is 12.2 Å². The summed E-state index contributed by atoms with van der Waals surface area (Å²) in [6.07, 6.45) is 6.78. The standard InChI is InChI=1S/C21H21NO/c23-20-9-5-17(6-10-20)2-1-16-3-7-18(8-4-16)21-15-22-13-11-19(21)12-14-22/h1-10,15,19,23H,11-14H2. The molecule has 2 nitrogen and oxygen atoms in total. The lowest BCUT2D eigenvalue weighted by Crippen LogP contribution is -2.43. The van der Waals surface area contributed by atoms with E-state index in [0.29, 0.717) is 5.75 Å². The van der Waals surface area contributed by atoms with Crippen LogP contribution < -0.4 is 0 Å². The van der Waals surface area contributed by atoms with Crippen LogP contribution in [0, 0.1) is 18.4 Å². The smallest absolute Gasteiger partial charge is 0.115 e. The number of hydrogen-bond donors (Lipinski definition) is 1. The fourth-order valence-electron chi connectivity index (χ4n) is 3.52. The van der Waals surface area contributed by atoms with Crippen molar-refractivity contribution in [2.45, 2.75) is 12.8 Å². The quantitative estimate of drug-likeness (QED) is 0.851. The third kappa shape index (κ3) is 3.18. The maximum atomic E-state index is 9.31. The maximum Gasteiger partial charge on any atom is 0.115 e. The van der Waals surface area contributed by atoms with Crippen LogP contribution in [-0.2, 0) is 0 Å². The summed E-state index contributed by atoms with van der Waals surface area (Å²) in [4.78, 5) is 2.45. The SMILES string of the molecule is Oc1ccc(C=Cc2ccc([C]3[CH]N4CCC3CC4)cc2)cc1. The zero-order chi connectivity index (χ0) is 15.6. The molecule has 1 N–H and O–H groups in total. The summed E-state index contributed by atoms with van der Waals surface area (Å²) in [5, 5.41) is 9.31. The summed E-state index contributed by atoms with van der Waals surface area (Å²) in [6.45, 7) is 4.81. The third-order valence-corrected chi connectivity index (χ3v) is 4.90. The van der Waals surface area contributed by atoms with Crippen molar-refractivity contribution in [3.8, 4) is 5.75 Å². The van der Waals surface area contributed by atoms with Crippen molar-refractivity contribution >= 4 is 12.2 Å². The van der Waals surface area contributed by atoms with E-state index in [1.807, 2.05) is 12.1 Å². The molecule has 0 saturated carbocycles. The minimum absolute atomic E-state index is 0.303. The predicted molar refractivity (Wildman–Crippen MR) is 94.4 cm³/mol. The van der Waals surface area contributed by atoms with Gasteiger partial charge in [-0.1, -0.05) is 48.6 Å². The number of phenols is 1. The molecular weight excluding hydrogens is 282 g/mol. The van der Waals surface area contributed by atoms with E-state index in [1.54, 1.807) is 12.1 Å². The lowest BCUT2D eigenvalue weighted by molar-refractivity contribution is 0.179. The van der Waals surface area contributed by atoms with Gasteiger partial charge in [0.05, 0.1) is 0 Å². The molecule has 0 aromatic heterocycles. The van der Waals surface area contributed by atoms with Crippen molar-refractivity contribution in [2.24, 2.45) is 5.92 Å². The van der Waals surface area contributed by atoms with Gasteiger partial charge in [0.2, 0.25) is 0 Å². The fraction of sp³-hybridized carbons (Fsp3) is 0.238. The van der Waals surface area contributed by atoms with Crippen LogP contribution in [0.5, 0.6) is 5.75 Å². The average Bonchev–Trinajstić information content (AvgIpc) is 2.63. The Kier molecular flexibility index (Phi) is 3.92. The molecule has 5 rings (SSSR count). The van der Waals surface area contributed by atoms with Gasteiger partial charge >= 0.3 is 0 Å². The first-order chi connectivity index (χ1) is 11.3. The first-order valence-corrected chi connectivity index (χ1v) is 8.31. The van der Waals surface area contributed by atoms with Crippen molar-refractivity contribution in [1.82, 2.24) is 4.90 Å². The molecule has 0 aliphatic carbocycles. The van der Waals surface area contributed by atoms with Crippen molar-refractivity contribution in [1.29, 1.82) is 0 Å². The molecule has 3 aliphatic heterocycles. The lowest BCUT2D eigenvalue weighted by atomic mass is 9.75. The number of phenolic OH excluding ortho intramolecular Hbond substituents is 1. The average molecular weight is 303 g/mol. The van der Waals surface area contributed by atoms with Crippen LogP contribution in [0.1, 0.15) is 29.5 Å². The maximum absolute atomic E-state index is 9.31.